The monoisotopic (exact) mass is 531 g/mol. The van der Waals surface area contributed by atoms with E-state index >= 15 is 0 Å². The Kier molecular flexibility index (Phi) is 8.80. The van der Waals surface area contributed by atoms with Gasteiger partial charge in [-0.05, 0) is 0 Å². The molecule has 2 aromatic rings. The maximum Gasteiger partial charge on any atom is 0.490 e. The second-order valence-electron chi connectivity index (χ2n) is 5.99. The van der Waals surface area contributed by atoms with Gasteiger partial charge in [0.2, 0.25) is 0 Å². The molecule has 6 atom stereocenters. The Hall–Kier alpha value is -0.360. The van der Waals surface area contributed by atoms with Crippen LogP contribution in [0.1, 0.15) is 6.23 Å². The summed E-state index contributed by atoms with van der Waals surface area (Å²) in [5.41, 5.74) is -0.681. The molecule has 0 spiro atoms. The molecule has 175 valence electrons. The van der Waals surface area contributed by atoms with Crippen molar-refractivity contribution in [3.63, 3.8) is 0 Å². The number of aromatic amines is 1. The van der Waals surface area contributed by atoms with E-state index in [9.17, 15) is 33.6 Å². The van der Waals surface area contributed by atoms with Crippen molar-refractivity contribution < 1.29 is 61.4 Å². The number of phosphoric ester groups is 1. The predicted octanol–water partition coefficient (Wildman–Crippen LogP) is -2.30. The number of hydrogen-bond donors (Lipinski definition) is 7. The van der Waals surface area contributed by atoms with Crippen LogP contribution in [0.5, 0.6) is 0 Å². The third-order valence-corrected chi connectivity index (χ3v) is 7.60. The molecule has 0 amide bonds. The summed E-state index contributed by atoms with van der Waals surface area (Å²) in [6, 6.07) is 0. The molecule has 18 nitrogen and oxygen atoms in total. The van der Waals surface area contributed by atoms with Crippen LogP contribution in [-0.4, -0.2) is 104 Å². The van der Waals surface area contributed by atoms with Crippen molar-refractivity contribution in [2.75, 3.05) is 6.61 Å². The van der Waals surface area contributed by atoms with Gasteiger partial charge in [-0.25, -0.2) is 23.7 Å². The maximum atomic E-state index is 11.8. The summed E-state index contributed by atoms with van der Waals surface area (Å²) < 4.78 is 51.6. The third-order valence-electron chi connectivity index (χ3n) is 3.79. The Morgan fingerprint density at radius 1 is 1.06 bits per heavy atom. The number of H-pyrrole nitrogens is 1. The quantitative estimate of drug-likeness (QED) is 0.139. The summed E-state index contributed by atoms with van der Waals surface area (Å²) in [7, 11) is -16.7. The number of phosphoric acid groups is 3. The molecule has 1 radical (unpaired) electrons. The normalized spacial score (nSPS) is 27.6. The van der Waals surface area contributed by atoms with Crippen LogP contribution < -0.4 is 5.56 Å². The largest absolute Gasteiger partial charge is 0.490 e. The van der Waals surface area contributed by atoms with Gasteiger partial charge >= 0.3 is 23.5 Å². The summed E-state index contributed by atoms with van der Waals surface area (Å²) in [6.45, 7) is -0.987. The van der Waals surface area contributed by atoms with Gasteiger partial charge in [-0.1, -0.05) is 0 Å². The summed E-state index contributed by atoms with van der Waals surface area (Å²) >= 11 is 0. The topological polar surface area (TPSA) is 273 Å². The van der Waals surface area contributed by atoms with Crippen molar-refractivity contribution in [1.29, 1.82) is 0 Å². The van der Waals surface area contributed by atoms with Gasteiger partial charge in [0.25, 0.3) is 5.56 Å². The number of aliphatic hydroxyl groups is 2. The molecule has 1 aliphatic heterocycles. The molecule has 32 heavy (non-hydrogen) atoms. The van der Waals surface area contributed by atoms with E-state index < -0.39 is 60.2 Å². The van der Waals surface area contributed by atoms with Gasteiger partial charge in [-0.3, -0.25) is 13.9 Å². The minimum absolute atomic E-state index is 0. The molecule has 0 bridgehead atoms. The molecule has 2 aromatic heterocycles. The molecule has 1 aliphatic rings. The Labute approximate surface area is 198 Å². The maximum absolute atomic E-state index is 11.8. The van der Waals surface area contributed by atoms with Gasteiger partial charge in [-0.2, -0.15) is 8.62 Å². The van der Waals surface area contributed by atoms with Crippen LogP contribution in [0, 0.1) is 0 Å². The van der Waals surface area contributed by atoms with Crippen molar-refractivity contribution >= 4 is 64.2 Å². The zero-order valence-electron chi connectivity index (χ0n) is 15.8. The summed E-state index contributed by atoms with van der Waals surface area (Å²) in [6.07, 6.45) is -4.05. The van der Waals surface area contributed by atoms with Crippen LogP contribution in [0.2, 0.25) is 0 Å². The molecule has 0 aromatic carbocycles. The van der Waals surface area contributed by atoms with E-state index in [2.05, 4.69) is 28.1 Å². The Balaban J connectivity index is 0.00000363. The third kappa shape index (κ3) is 6.61. The van der Waals surface area contributed by atoms with Gasteiger partial charge in [0.15, 0.2) is 17.4 Å². The van der Waals surface area contributed by atoms with Gasteiger partial charge in [0.05, 0.1) is 19.3 Å². The Morgan fingerprint density at radius 3 is 2.34 bits per heavy atom. The second-order valence-corrected chi connectivity index (χ2v) is 10.4. The fourth-order valence-electron chi connectivity index (χ4n) is 2.62. The first-order chi connectivity index (χ1) is 14.2. The Bertz CT molecular complexity index is 1170. The number of nitrogens with zero attached hydrogens (tertiary/aromatic N) is 3. The standard InChI is InChI=1S/C10H15N4O14P3.Na/c15-6-4(1-25-30(21,22)28-31(23,24)27-29(18,19)20)26-10(7(6)16)14-3-13-5-8(14)11-2-12-9(5)17;/h2-4,6-7,10,15-16H,1H2,(H,21,22)(H,23,24)(H,11,12,17)(H2,18,19,20);. The minimum atomic E-state index is -5.72. The van der Waals surface area contributed by atoms with Crippen molar-refractivity contribution in [1.82, 2.24) is 19.5 Å². The first kappa shape index (κ1) is 27.9. The van der Waals surface area contributed by atoms with Crippen molar-refractivity contribution in [2.24, 2.45) is 0 Å². The molecular formula is C10H15N4NaO14P3. The van der Waals surface area contributed by atoms with E-state index in [0.29, 0.717) is 0 Å². The number of fused-ring (bicyclic) bond motifs is 1. The zero-order valence-corrected chi connectivity index (χ0v) is 20.5. The van der Waals surface area contributed by atoms with Crippen LogP contribution in [0.25, 0.3) is 11.2 Å². The van der Waals surface area contributed by atoms with Crippen LogP contribution >= 0.6 is 23.5 Å². The number of imidazole rings is 1. The van der Waals surface area contributed by atoms with Crippen molar-refractivity contribution in [3.05, 3.63) is 23.0 Å². The minimum Gasteiger partial charge on any atom is -0.387 e. The molecule has 3 rings (SSSR count). The number of nitrogens with one attached hydrogen (secondary N) is 1. The number of ether oxygens (including phenoxy) is 1. The molecule has 22 heteroatoms. The van der Waals surface area contributed by atoms with Gasteiger partial charge < -0.3 is 39.5 Å². The van der Waals surface area contributed by atoms with Gasteiger partial charge in [0.1, 0.15) is 18.3 Å². The summed E-state index contributed by atoms with van der Waals surface area (Å²) in [4.78, 5) is 57.2. The predicted molar refractivity (Wildman–Crippen MR) is 99.6 cm³/mol. The molecule has 1 saturated heterocycles. The number of rotatable bonds is 8. The zero-order chi connectivity index (χ0) is 23.2. The van der Waals surface area contributed by atoms with E-state index in [1.54, 1.807) is 0 Å². The first-order valence-electron chi connectivity index (χ1n) is 7.89. The molecule has 7 N–H and O–H groups in total. The van der Waals surface area contributed by atoms with Gasteiger partial charge in [0, 0.05) is 29.6 Å². The smallest absolute Gasteiger partial charge is 0.387 e. The number of aliphatic hydroxyl groups excluding tert-OH is 2. The molecule has 3 heterocycles. The van der Waals surface area contributed by atoms with E-state index in [-0.39, 0.29) is 40.7 Å². The van der Waals surface area contributed by atoms with Crippen LogP contribution in [0.15, 0.2) is 17.4 Å². The molecule has 0 aliphatic carbocycles. The van der Waals surface area contributed by atoms with E-state index in [1.165, 1.54) is 0 Å². The van der Waals surface area contributed by atoms with Crippen LogP contribution in [-0.2, 0) is 31.6 Å². The van der Waals surface area contributed by atoms with Crippen LogP contribution in [0.3, 0.4) is 0 Å². The summed E-state index contributed by atoms with van der Waals surface area (Å²) in [5, 5.41) is 20.3. The number of aromatic nitrogens is 4. The summed E-state index contributed by atoms with van der Waals surface area (Å²) in [5.74, 6) is 0. The molecular weight excluding hydrogens is 516 g/mol. The second kappa shape index (κ2) is 10.1. The average molecular weight is 531 g/mol. The van der Waals surface area contributed by atoms with E-state index in [1.807, 2.05) is 0 Å². The Morgan fingerprint density at radius 2 is 1.72 bits per heavy atom. The molecule has 6 unspecified atom stereocenters. The number of hydrogen-bond acceptors (Lipinski definition) is 12. The van der Waals surface area contributed by atoms with E-state index in [0.717, 1.165) is 17.2 Å². The van der Waals surface area contributed by atoms with Crippen molar-refractivity contribution in [2.45, 2.75) is 24.5 Å². The fraction of sp³-hybridized carbons (Fsp3) is 0.500. The van der Waals surface area contributed by atoms with E-state index in [4.69, 9.17) is 19.4 Å². The first-order valence-corrected chi connectivity index (χ1v) is 12.4. The van der Waals surface area contributed by atoms with Crippen molar-refractivity contribution in [3.8, 4) is 0 Å². The van der Waals surface area contributed by atoms with Gasteiger partial charge in [-0.15, -0.1) is 0 Å². The fourth-order valence-corrected chi connectivity index (χ4v) is 5.65. The molecule has 0 saturated carbocycles. The average Bonchev–Trinajstić information content (AvgIpc) is 3.13. The molecule has 1 fully saturated rings. The van der Waals surface area contributed by atoms with Crippen LogP contribution in [0.4, 0.5) is 0 Å². The SMILES string of the molecule is O=c1[nH]cnc2c1ncn2C1OC(COP(=O)(O)OP(=O)(O)OP(=O)(O)O)C(O)C1O.[Na].